The van der Waals surface area contributed by atoms with Crippen molar-refractivity contribution >= 4 is 24.8 Å². The number of nitrogens with one attached hydrogen (secondary N) is 1. The summed E-state index contributed by atoms with van der Waals surface area (Å²) in [6, 6.07) is 0. The van der Waals surface area contributed by atoms with Crippen LogP contribution in [0, 0.1) is 5.92 Å². The van der Waals surface area contributed by atoms with Crippen LogP contribution in [-0.2, 0) is 0 Å². The highest BCUT2D eigenvalue weighted by atomic mass is 35.5. The molecule has 0 amide bonds. The summed E-state index contributed by atoms with van der Waals surface area (Å²) in [4.78, 5) is 0. The molecule has 0 unspecified atom stereocenters. The summed E-state index contributed by atoms with van der Waals surface area (Å²) >= 11 is 0. The molecule has 0 aliphatic heterocycles. The zero-order valence-corrected chi connectivity index (χ0v) is 8.68. The highest BCUT2D eigenvalue weighted by molar-refractivity contribution is 5.85. The lowest BCUT2D eigenvalue weighted by molar-refractivity contribution is 0.272. The first-order valence-corrected chi connectivity index (χ1v) is 3.03. The van der Waals surface area contributed by atoms with Gasteiger partial charge >= 0.3 is 0 Å². The molecular formula is C6H18Cl2N2. The van der Waals surface area contributed by atoms with Gasteiger partial charge in [-0.2, -0.15) is 0 Å². The molecule has 0 saturated heterocycles. The summed E-state index contributed by atoms with van der Waals surface area (Å²) in [5.41, 5.74) is 3.18. The van der Waals surface area contributed by atoms with Crippen molar-refractivity contribution in [3.05, 3.63) is 0 Å². The molecule has 0 bridgehead atoms. The fraction of sp³-hybridized carbons (Fsp3) is 1.00. The topological polar surface area (TPSA) is 15.3 Å². The van der Waals surface area contributed by atoms with E-state index in [1.54, 1.807) is 0 Å². The Morgan fingerprint density at radius 3 is 1.70 bits per heavy atom. The number of nitrogens with zero attached hydrogens (tertiary/aromatic N) is 1. The van der Waals surface area contributed by atoms with Crippen molar-refractivity contribution in [2.24, 2.45) is 5.92 Å². The van der Waals surface area contributed by atoms with Crippen LogP contribution in [0.4, 0.5) is 0 Å². The van der Waals surface area contributed by atoms with Gasteiger partial charge in [0.05, 0.1) is 0 Å². The highest BCUT2D eigenvalue weighted by Gasteiger charge is 1.91. The van der Waals surface area contributed by atoms with Gasteiger partial charge in [-0.1, -0.05) is 13.8 Å². The summed E-state index contributed by atoms with van der Waals surface area (Å²) in [7, 11) is 4.00. The first kappa shape index (κ1) is 16.8. The minimum absolute atomic E-state index is 0. The smallest absolute Gasteiger partial charge is 0.0125 e. The second-order valence-corrected chi connectivity index (χ2v) is 2.65. The van der Waals surface area contributed by atoms with Crippen LogP contribution >= 0.6 is 24.8 Å². The minimum Gasteiger partial charge on any atom is -0.255 e. The van der Waals surface area contributed by atoms with Crippen LogP contribution in [0.2, 0.25) is 0 Å². The lowest BCUT2D eigenvalue weighted by atomic mass is 10.2. The number of hydrogen-bond donors (Lipinski definition) is 1. The second-order valence-electron chi connectivity index (χ2n) is 2.65. The van der Waals surface area contributed by atoms with Crippen molar-refractivity contribution in [3.63, 3.8) is 0 Å². The van der Waals surface area contributed by atoms with Crippen molar-refractivity contribution in [1.82, 2.24) is 10.4 Å². The normalized spacial score (nSPS) is 9.00. The maximum absolute atomic E-state index is 3.18. The van der Waals surface area contributed by atoms with E-state index in [1.165, 1.54) is 0 Å². The Kier molecular flexibility index (Phi) is 16.0. The average Bonchev–Trinajstić information content (AvgIpc) is 1.61. The van der Waals surface area contributed by atoms with Crippen molar-refractivity contribution in [1.29, 1.82) is 0 Å². The first-order valence-electron chi connectivity index (χ1n) is 3.03. The fourth-order valence-electron chi connectivity index (χ4n) is 0.365. The lowest BCUT2D eigenvalue weighted by Gasteiger charge is -2.12. The van der Waals surface area contributed by atoms with Gasteiger partial charge in [-0.25, -0.2) is 0 Å². The van der Waals surface area contributed by atoms with Crippen LogP contribution in [0.15, 0.2) is 0 Å². The van der Waals surface area contributed by atoms with Gasteiger partial charge in [0.15, 0.2) is 0 Å². The largest absolute Gasteiger partial charge is 0.255 e. The summed E-state index contributed by atoms with van der Waals surface area (Å²) in [5.74, 6) is 0.734. The Morgan fingerprint density at radius 1 is 1.20 bits per heavy atom. The molecule has 1 N–H and O–H groups in total. The van der Waals surface area contributed by atoms with E-state index in [0.29, 0.717) is 0 Å². The molecule has 0 aliphatic rings. The zero-order valence-electron chi connectivity index (χ0n) is 7.05. The molecule has 0 atom stereocenters. The van der Waals surface area contributed by atoms with Gasteiger partial charge in [0.2, 0.25) is 0 Å². The Bertz CT molecular complexity index is 49.7. The van der Waals surface area contributed by atoms with Crippen LogP contribution in [-0.4, -0.2) is 25.6 Å². The highest BCUT2D eigenvalue weighted by Crippen LogP contribution is 1.85. The molecule has 0 aromatic rings. The van der Waals surface area contributed by atoms with Crippen molar-refractivity contribution < 1.29 is 0 Å². The van der Waals surface area contributed by atoms with E-state index in [-0.39, 0.29) is 24.8 Å². The summed E-state index contributed by atoms with van der Waals surface area (Å²) in [5, 5.41) is 1.97. The SMILES string of the molecule is CC(C)CNN(C)C.Cl.Cl. The summed E-state index contributed by atoms with van der Waals surface area (Å²) in [6.45, 7) is 5.44. The van der Waals surface area contributed by atoms with E-state index in [1.807, 2.05) is 19.1 Å². The number of rotatable bonds is 3. The van der Waals surface area contributed by atoms with Gasteiger partial charge in [0.1, 0.15) is 0 Å². The standard InChI is InChI=1S/C6H16N2.2ClH/c1-6(2)5-7-8(3)4;;/h6-7H,5H2,1-4H3;2*1H. The van der Waals surface area contributed by atoms with E-state index < -0.39 is 0 Å². The molecular weight excluding hydrogens is 171 g/mol. The molecule has 0 spiro atoms. The molecule has 0 saturated carbocycles. The molecule has 10 heavy (non-hydrogen) atoms. The lowest BCUT2D eigenvalue weighted by Crippen LogP contribution is -2.33. The summed E-state index contributed by atoms with van der Waals surface area (Å²) in [6.07, 6.45) is 0. The Hall–Kier alpha value is 0.500. The van der Waals surface area contributed by atoms with Gasteiger partial charge in [0.25, 0.3) is 0 Å². The predicted molar refractivity (Wildman–Crippen MR) is 51.0 cm³/mol. The third-order valence-electron chi connectivity index (χ3n) is 0.816. The zero-order chi connectivity index (χ0) is 6.57. The van der Waals surface area contributed by atoms with Crippen molar-refractivity contribution in [3.8, 4) is 0 Å². The molecule has 0 fully saturated rings. The van der Waals surface area contributed by atoms with E-state index in [9.17, 15) is 0 Å². The van der Waals surface area contributed by atoms with Gasteiger partial charge in [-0.15, -0.1) is 24.8 Å². The number of hydrogen-bond acceptors (Lipinski definition) is 2. The van der Waals surface area contributed by atoms with Gasteiger partial charge < -0.3 is 0 Å². The van der Waals surface area contributed by atoms with Crippen molar-refractivity contribution in [2.75, 3.05) is 20.6 Å². The average molecular weight is 189 g/mol. The molecule has 0 aromatic heterocycles. The molecule has 0 aromatic carbocycles. The Balaban J connectivity index is -0.000000245. The van der Waals surface area contributed by atoms with E-state index in [2.05, 4.69) is 19.3 Å². The third-order valence-corrected chi connectivity index (χ3v) is 0.816. The molecule has 0 aliphatic carbocycles. The summed E-state index contributed by atoms with van der Waals surface area (Å²) < 4.78 is 0. The maximum Gasteiger partial charge on any atom is 0.0125 e. The van der Waals surface area contributed by atoms with E-state index in [0.717, 1.165) is 12.5 Å². The van der Waals surface area contributed by atoms with E-state index in [4.69, 9.17) is 0 Å². The molecule has 66 valence electrons. The predicted octanol–water partition coefficient (Wildman–Crippen LogP) is 1.55. The second kappa shape index (κ2) is 9.50. The Labute approximate surface area is 76.1 Å². The number of halogens is 2. The van der Waals surface area contributed by atoms with Crippen LogP contribution in [0.3, 0.4) is 0 Å². The molecule has 0 radical (unpaired) electrons. The molecule has 0 heterocycles. The fourth-order valence-corrected chi connectivity index (χ4v) is 0.365. The quantitative estimate of drug-likeness (QED) is 0.677. The van der Waals surface area contributed by atoms with Gasteiger partial charge in [-0.3, -0.25) is 10.4 Å². The van der Waals surface area contributed by atoms with Crippen LogP contribution < -0.4 is 5.43 Å². The first-order chi connectivity index (χ1) is 3.63. The van der Waals surface area contributed by atoms with Crippen molar-refractivity contribution in [2.45, 2.75) is 13.8 Å². The van der Waals surface area contributed by atoms with Gasteiger partial charge in [-0.05, 0) is 5.92 Å². The Morgan fingerprint density at radius 2 is 1.60 bits per heavy atom. The maximum atomic E-state index is 3.18. The van der Waals surface area contributed by atoms with E-state index >= 15 is 0 Å². The molecule has 2 nitrogen and oxygen atoms in total. The number of hydrazine groups is 1. The van der Waals surface area contributed by atoms with Crippen LogP contribution in [0.5, 0.6) is 0 Å². The monoisotopic (exact) mass is 188 g/mol. The third kappa shape index (κ3) is 15.8. The van der Waals surface area contributed by atoms with Crippen LogP contribution in [0.25, 0.3) is 0 Å². The van der Waals surface area contributed by atoms with Crippen LogP contribution in [0.1, 0.15) is 13.8 Å². The molecule has 4 heteroatoms. The van der Waals surface area contributed by atoms with Gasteiger partial charge in [0, 0.05) is 20.6 Å². The minimum atomic E-state index is 0. The molecule has 0 rings (SSSR count).